The van der Waals surface area contributed by atoms with E-state index in [-0.39, 0.29) is 17.8 Å². The molecule has 8 heteroatoms. The number of nitrogens with zero attached hydrogens (tertiary/aromatic N) is 4. The lowest BCUT2D eigenvalue weighted by Gasteiger charge is -2.03. The second-order valence-corrected chi connectivity index (χ2v) is 5.09. The van der Waals surface area contributed by atoms with E-state index in [1.165, 1.54) is 17.5 Å². The molecule has 110 valence electrons. The molecule has 1 aliphatic rings. The van der Waals surface area contributed by atoms with Gasteiger partial charge in [0.05, 0.1) is 28.9 Å². The van der Waals surface area contributed by atoms with Crippen LogP contribution in [0.2, 0.25) is 0 Å². The van der Waals surface area contributed by atoms with Gasteiger partial charge in [-0.15, -0.1) is 5.10 Å². The lowest BCUT2D eigenvalue weighted by atomic mass is 10.2. The zero-order valence-electron chi connectivity index (χ0n) is 11.2. The van der Waals surface area contributed by atoms with Crippen molar-refractivity contribution in [2.45, 2.75) is 32.0 Å². The quantitative estimate of drug-likeness (QED) is 0.645. The van der Waals surface area contributed by atoms with Gasteiger partial charge in [-0.1, -0.05) is 5.21 Å². The Bertz CT molecular complexity index is 668. The summed E-state index contributed by atoms with van der Waals surface area (Å²) in [4.78, 5) is 10.4. The highest BCUT2D eigenvalue weighted by molar-refractivity contribution is 5.40. The Kier molecular flexibility index (Phi) is 3.61. The number of hydrogen-bond donors (Lipinski definition) is 1. The molecule has 0 unspecified atom stereocenters. The normalized spacial score (nSPS) is 14.3. The van der Waals surface area contributed by atoms with Gasteiger partial charge in [-0.25, -0.2) is 9.07 Å². The fourth-order valence-electron chi connectivity index (χ4n) is 2.07. The Labute approximate surface area is 119 Å². The molecule has 7 nitrogen and oxygen atoms in total. The number of nitro benzene ring substituents is 1. The van der Waals surface area contributed by atoms with Gasteiger partial charge < -0.3 is 5.32 Å². The maximum Gasteiger partial charge on any atom is 0.274 e. The van der Waals surface area contributed by atoms with E-state index in [1.807, 2.05) is 0 Å². The van der Waals surface area contributed by atoms with Crippen LogP contribution in [0.1, 0.15) is 24.1 Å². The second kappa shape index (κ2) is 5.57. The summed E-state index contributed by atoms with van der Waals surface area (Å²) in [6.07, 6.45) is 4.08. The van der Waals surface area contributed by atoms with Crippen molar-refractivity contribution in [2.24, 2.45) is 0 Å². The Morgan fingerprint density at radius 1 is 1.48 bits per heavy atom. The third-order valence-corrected chi connectivity index (χ3v) is 3.31. The second-order valence-electron chi connectivity index (χ2n) is 5.09. The van der Waals surface area contributed by atoms with Crippen LogP contribution in [0.5, 0.6) is 0 Å². The Morgan fingerprint density at radius 2 is 2.29 bits per heavy atom. The number of aromatic nitrogens is 3. The van der Waals surface area contributed by atoms with Crippen LogP contribution in [0.3, 0.4) is 0 Å². The van der Waals surface area contributed by atoms with E-state index in [9.17, 15) is 14.5 Å². The van der Waals surface area contributed by atoms with Gasteiger partial charge in [0.25, 0.3) is 5.69 Å². The summed E-state index contributed by atoms with van der Waals surface area (Å²) in [5.74, 6) is -0.508. The first kappa shape index (κ1) is 13.6. The molecule has 0 atom stereocenters. The molecular formula is C13H14FN5O2. The first-order chi connectivity index (χ1) is 10.1. The average Bonchev–Trinajstić information content (AvgIpc) is 3.16. The molecule has 1 aromatic heterocycles. The average molecular weight is 291 g/mol. The van der Waals surface area contributed by atoms with Crippen LogP contribution in [-0.2, 0) is 13.1 Å². The van der Waals surface area contributed by atoms with Gasteiger partial charge in [0, 0.05) is 18.7 Å². The summed E-state index contributed by atoms with van der Waals surface area (Å²) in [6.45, 7) is 0.737. The molecule has 0 saturated heterocycles. The molecule has 0 aliphatic heterocycles. The molecule has 0 spiro atoms. The minimum atomic E-state index is -0.527. The summed E-state index contributed by atoms with van der Waals surface area (Å²) in [5.41, 5.74) is 0.914. The van der Waals surface area contributed by atoms with Gasteiger partial charge in [0.1, 0.15) is 5.82 Å². The van der Waals surface area contributed by atoms with Crippen LogP contribution in [0.15, 0.2) is 24.4 Å². The fourth-order valence-corrected chi connectivity index (χ4v) is 2.07. The molecule has 3 rings (SSSR count). The molecule has 0 amide bonds. The van der Waals surface area contributed by atoms with Crippen LogP contribution < -0.4 is 5.32 Å². The minimum Gasteiger partial charge on any atom is -0.308 e. The zero-order chi connectivity index (χ0) is 14.8. The summed E-state index contributed by atoms with van der Waals surface area (Å²) in [7, 11) is 0. The van der Waals surface area contributed by atoms with Crippen LogP contribution in [-0.4, -0.2) is 26.0 Å². The monoisotopic (exact) mass is 291 g/mol. The summed E-state index contributed by atoms with van der Waals surface area (Å²) in [5, 5.41) is 22.2. The van der Waals surface area contributed by atoms with E-state index < -0.39 is 10.7 Å². The number of nitro groups is 1. The van der Waals surface area contributed by atoms with Gasteiger partial charge in [0.2, 0.25) is 0 Å². The molecule has 1 aliphatic carbocycles. The van der Waals surface area contributed by atoms with E-state index in [2.05, 4.69) is 15.6 Å². The van der Waals surface area contributed by atoms with Gasteiger partial charge in [-0.05, 0) is 25.0 Å². The van der Waals surface area contributed by atoms with E-state index >= 15 is 0 Å². The Balaban J connectivity index is 1.73. The highest BCUT2D eigenvalue weighted by Gasteiger charge is 2.20. The van der Waals surface area contributed by atoms with Crippen LogP contribution in [0.25, 0.3) is 0 Å². The number of nitrogens with one attached hydrogen (secondary N) is 1. The highest BCUT2D eigenvalue weighted by Crippen LogP contribution is 2.21. The van der Waals surface area contributed by atoms with Gasteiger partial charge in [0.15, 0.2) is 0 Å². The molecule has 1 aromatic carbocycles. The molecule has 0 bridgehead atoms. The number of rotatable bonds is 6. The van der Waals surface area contributed by atoms with Crippen molar-refractivity contribution in [3.8, 4) is 0 Å². The third kappa shape index (κ3) is 3.40. The lowest BCUT2D eigenvalue weighted by Crippen LogP contribution is -2.15. The SMILES string of the molecule is O=[N+]([O-])c1ccc(F)cc1Cn1cc(CNC2CC2)nn1. The van der Waals surface area contributed by atoms with Crippen molar-refractivity contribution < 1.29 is 9.31 Å². The number of benzene rings is 1. The van der Waals surface area contributed by atoms with Crippen molar-refractivity contribution in [1.82, 2.24) is 20.3 Å². The summed E-state index contributed by atoms with van der Waals surface area (Å²) in [6, 6.07) is 3.96. The standard InChI is InChI=1S/C13H14FN5O2/c14-10-1-4-13(19(20)21)9(5-10)7-18-8-12(16-17-18)6-15-11-2-3-11/h1,4-5,8,11,15H,2-3,6-7H2. The topological polar surface area (TPSA) is 85.9 Å². The van der Waals surface area contributed by atoms with Crippen LogP contribution in [0.4, 0.5) is 10.1 Å². The smallest absolute Gasteiger partial charge is 0.274 e. The number of hydrogen-bond acceptors (Lipinski definition) is 5. The van der Waals surface area contributed by atoms with E-state index in [1.54, 1.807) is 6.20 Å². The lowest BCUT2D eigenvalue weighted by molar-refractivity contribution is -0.385. The molecule has 2 aromatic rings. The molecule has 1 heterocycles. The van der Waals surface area contributed by atoms with Crippen molar-refractivity contribution >= 4 is 5.69 Å². The maximum atomic E-state index is 13.3. The zero-order valence-corrected chi connectivity index (χ0v) is 11.2. The molecule has 1 N–H and O–H groups in total. The Morgan fingerprint density at radius 3 is 3.00 bits per heavy atom. The maximum absolute atomic E-state index is 13.3. The minimum absolute atomic E-state index is 0.116. The first-order valence-electron chi connectivity index (χ1n) is 6.67. The predicted molar refractivity (Wildman–Crippen MR) is 72.0 cm³/mol. The van der Waals surface area contributed by atoms with Crippen LogP contribution >= 0.6 is 0 Å². The van der Waals surface area contributed by atoms with Gasteiger partial charge >= 0.3 is 0 Å². The number of halogens is 1. The molecule has 1 saturated carbocycles. The third-order valence-electron chi connectivity index (χ3n) is 3.31. The summed E-state index contributed by atoms with van der Waals surface area (Å²) >= 11 is 0. The largest absolute Gasteiger partial charge is 0.308 e. The first-order valence-corrected chi connectivity index (χ1v) is 6.67. The van der Waals surface area contributed by atoms with E-state index in [0.29, 0.717) is 12.6 Å². The molecular weight excluding hydrogens is 277 g/mol. The van der Waals surface area contributed by atoms with Crippen molar-refractivity contribution in [3.63, 3.8) is 0 Å². The Hall–Kier alpha value is -2.35. The van der Waals surface area contributed by atoms with Crippen LogP contribution in [0, 0.1) is 15.9 Å². The van der Waals surface area contributed by atoms with Gasteiger partial charge in [-0.2, -0.15) is 0 Å². The molecule has 1 fully saturated rings. The van der Waals surface area contributed by atoms with E-state index in [0.717, 1.165) is 23.9 Å². The van der Waals surface area contributed by atoms with Crippen molar-refractivity contribution in [3.05, 3.63) is 51.6 Å². The molecule has 21 heavy (non-hydrogen) atoms. The predicted octanol–water partition coefficient (Wildman–Crippen LogP) is 1.63. The summed E-state index contributed by atoms with van der Waals surface area (Å²) < 4.78 is 14.7. The fraction of sp³-hybridized carbons (Fsp3) is 0.385. The van der Waals surface area contributed by atoms with Gasteiger partial charge in [-0.3, -0.25) is 10.1 Å². The van der Waals surface area contributed by atoms with E-state index in [4.69, 9.17) is 0 Å². The van der Waals surface area contributed by atoms with Crippen molar-refractivity contribution in [1.29, 1.82) is 0 Å². The molecule has 0 radical (unpaired) electrons. The highest BCUT2D eigenvalue weighted by atomic mass is 19.1. The van der Waals surface area contributed by atoms with Crippen molar-refractivity contribution in [2.75, 3.05) is 0 Å².